The highest BCUT2D eigenvalue weighted by atomic mass is 16.5. The van der Waals surface area contributed by atoms with Crippen LogP contribution >= 0.6 is 0 Å². The lowest BCUT2D eigenvalue weighted by molar-refractivity contribution is 0.0530. The first-order valence-corrected chi connectivity index (χ1v) is 6.25. The third kappa shape index (κ3) is 2.32. The number of anilines is 1. The number of ether oxygens (including phenoxy) is 1. The average molecular weight is 274 g/mol. The van der Waals surface area contributed by atoms with Gasteiger partial charge in [0.05, 0.1) is 13.2 Å². The van der Waals surface area contributed by atoms with E-state index in [1.54, 1.807) is 23.4 Å². The predicted molar refractivity (Wildman–Crippen MR) is 70.9 cm³/mol. The highest BCUT2D eigenvalue weighted by Crippen LogP contribution is 2.15. The number of amides is 1. The van der Waals surface area contributed by atoms with Crippen molar-refractivity contribution in [3.63, 3.8) is 0 Å². The van der Waals surface area contributed by atoms with Gasteiger partial charge in [0.25, 0.3) is 0 Å². The van der Waals surface area contributed by atoms with Gasteiger partial charge in [-0.1, -0.05) is 0 Å². The number of hydrogen-bond acceptors (Lipinski definition) is 6. The number of nitrogens with zero attached hydrogens (tertiary/aromatic N) is 5. The van der Waals surface area contributed by atoms with Gasteiger partial charge in [-0.15, -0.1) is 9.78 Å². The Morgan fingerprint density at radius 2 is 2.15 bits per heavy atom. The molecule has 0 unspecified atom stereocenters. The summed E-state index contributed by atoms with van der Waals surface area (Å²) < 4.78 is 6.33. The second kappa shape index (κ2) is 5.25. The van der Waals surface area contributed by atoms with Crippen molar-refractivity contribution in [2.45, 2.75) is 0 Å². The summed E-state index contributed by atoms with van der Waals surface area (Å²) in [4.78, 5) is 22.0. The van der Waals surface area contributed by atoms with E-state index in [-0.39, 0.29) is 12.0 Å². The molecule has 1 aliphatic heterocycles. The van der Waals surface area contributed by atoms with Crippen LogP contribution in [0.4, 0.5) is 10.7 Å². The van der Waals surface area contributed by atoms with E-state index in [9.17, 15) is 4.79 Å². The van der Waals surface area contributed by atoms with E-state index >= 15 is 0 Å². The Bertz CT molecular complexity index is 606. The fourth-order valence-corrected chi connectivity index (χ4v) is 1.97. The van der Waals surface area contributed by atoms with Crippen molar-refractivity contribution in [2.75, 3.05) is 32.0 Å². The number of carbonyl (C=O) groups is 1. The Hall–Kier alpha value is -2.48. The second-order valence-corrected chi connectivity index (χ2v) is 4.33. The molecule has 8 nitrogen and oxygen atoms in total. The van der Waals surface area contributed by atoms with Crippen molar-refractivity contribution in [1.82, 2.24) is 24.6 Å². The van der Waals surface area contributed by atoms with Gasteiger partial charge in [0.15, 0.2) is 5.82 Å². The number of rotatable bonds is 1. The number of nitrogen functional groups attached to an aromatic ring is 1. The third-order valence-electron chi connectivity index (χ3n) is 3.01. The second-order valence-electron chi connectivity index (χ2n) is 4.33. The lowest BCUT2D eigenvalue weighted by atomic mass is 10.3. The summed E-state index contributed by atoms with van der Waals surface area (Å²) in [5.74, 6) is 0.456. The van der Waals surface area contributed by atoms with E-state index in [0.717, 1.165) is 4.68 Å². The standard InChI is InChI=1S/C12H14N6O2/c13-11-15-10(9-2-1-3-14-8-9)16-18(11)12(19)17-4-6-20-7-5-17/h1-3,8H,4-7H2,(H2,13,15,16). The van der Waals surface area contributed by atoms with Gasteiger partial charge in [0, 0.05) is 31.0 Å². The molecule has 0 aliphatic carbocycles. The lowest BCUT2D eigenvalue weighted by Gasteiger charge is -2.26. The summed E-state index contributed by atoms with van der Waals surface area (Å²) in [6.45, 7) is 2.10. The van der Waals surface area contributed by atoms with E-state index in [4.69, 9.17) is 10.5 Å². The van der Waals surface area contributed by atoms with E-state index in [1.165, 1.54) is 0 Å². The van der Waals surface area contributed by atoms with Crippen LogP contribution in [0.15, 0.2) is 24.5 Å². The van der Waals surface area contributed by atoms with Crippen molar-refractivity contribution >= 4 is 12.0 Å². The van der Waals surface area contributed by atoms with Crippen molar-refractivity contribution in [3.05, 3.63) is 24.5 Å². The van der Waals surface area contributed by atoms with Gasteiger partial charge in [-0.3, -0.25) is 4.98 Å². The minimum Gasteiger partial charge on any atom is -0.378 e. The number of pyridine rings is 1. The summed E-state index contributed by atoms with van der Waals surface area (Å²) >= 11 is 0. The van der Waals surface area contributed by atoms with Gasteiger partial charge < -0.3 is 15.4 Å². The minimum absolute atomic E-state index is 0.0698. The molecule has 2 aromatic heterocycles. The Labute approximate surface area is 115 Å². The number of nitrogens with two attached hydrogens (primary N) is 1. The van der Waals surface area contributed by atoms with E-state index < -0.39 is 0 Å². The van der Waals surface area contributed by atoms with Crippen molar-refractivity contribution < 1.29 is 9.53 Å². The summed E-state index contributed by atoms with van der Waals surface area (Å²) in [5.41, 5.74) is 6.49. The smallest absolute Gasteiger partial charge is 0.348 e. The molecule has 2 aromatic rings. The zero-order chi connectivity index (χ0) is 13.9. The molecule has 0 bridgehead atoms. The SMILES string of the molecule is Nc1nc(-c2cccnc2)nn1C(=O)N1CCOCC1. The van der Waals surface area contributed by atoms with Crippen molar-refractivity contribution in [1.29, 1.82) is 0 Å². The Morgan fingerprint density at radius 1 is 1.35 bits per heavy atom. The first kappa shape index (κ1) is 12.5. The molecule has 3 heterocycles. The molecule has 3 rings (SSSR count). The molecule has 1 saturated heterocycles. The first-order valence-electron chi connectivity index (χ1n) is 6.25. The average Bonchev–Trinajstić information content (AvgIpc) is 2.90. The normalized spacial score (nSPS) is 15.3. The van der Waals surface area contributed by atoms with Gasteiger partial charge in [0.1, 0.15) is 0 Å². The van der Waals surface area contributed by atoms with Gasteiger partial charge in [-0.05, 0) is 12.1 Å². The highest BCUT2D eigenvalue weighted by Gasteiger charge is 2.22. The maximum absolute atomic E-state index is 12.3. The van der Waals surface area contributed by atoms with Crippen LogP contribution in [-0.2, 0) is 4.74 Å². The van der Waals surface area contributed by atoms with Crippen LogP contribution in [0.1, 0.15) is 0 Å². The molecule has 1 fully saturated rings. The largest absolute Gasteiger partial charge is 0.378 e. The Morgan fingerprint density at radius 3 is 2.85 bits per heavy atom. The predicted octanol–water partition coefficient (Wildman–Crippen LogP) is 0.223. The van der Waals surface area contributed by atoms with E-state index in [2.05, 4.69) is 15.1 Å². The van der Waals surface area contributed by atoms with Gasteiger partial charge in [-0.25, -0.2) is 4.79 Å². The molecule has 104 valence electrons. The Kier molecular flexibility index (Phi) is 3.30. The van der Waals surface area contributed by atoms with E-state index in [0.29, 0.717) is 37.7 Å². The van der Waals surface area contributed by atoms with Crippen LogP contribution in [0.25, 0.3) is 11.4 Å². The summed E-state index contributed by atoms with van der Waals surface area (Å²) in [6.07, 6.45) is 3.28. The summed E-state index contributed by atoms with van der Waals surface area (Å²) in [7, 11) is 0. The monoisotopic (exact) mass is 274 g/mol. The van der Waals surface area contributed by atoms with Crippen LogP contribution < -0.4 is 5.73 Å². The molecular weight excluding hydrogens is 260 g/mol. The third-order valence-corrected chi connectivity index (χ3v) is 3.01. The molecule has 1 aliphatic rings. The molecule has 2 N–H and O–H groups in total. The fourth-order valence-electron chi connectivity index (χ4n) is 1.97. The summed E-state index contributed by atoms with van der Waals surface area (Å²) in [5, 5.41) is 4.16. The minimum atomic E-state index is -0.284. The molecule has 0 atom stereocenters. The van der Waals surface area contributed by atoms with Gasteiger partial charge >= 0.3 is 6.03 Å². The van der Waals surface area contributed by atoms with Crippen LogP contribution in [0.3, 0.4) is 0 Å². The van der Waals surface area contributed by atoms with Gasteiger partial charge in [-0.2, -0.15) is 4.98 Å². The number of aromatic nitrogens is 4. The number of hydrogen-bond donors (Lipinski definition) is 1. The quantitative estimate of drug-likeness (QED) is 0.798. The maximum Gasteiger partial charge on any atom is 0.348 e. The Balaban J connectivity index is 1.87. The first-order chi connectivity index (χ1) is 9.75. The molecule has 1 amide bonds. The molecule has 8 heteroatoms. The van der Waals surface area contributed by atoms with Crippen LogP contribution in [0.2, 0.25) is 0 Å². The number of morpholine rings is 1. The van der Waals surface area contributed by atoms with Crippen molar-refractivity contribution in [3.8, 4) is 11.4 Å². The van der Waals surface area contributed by atoms with Crippen LogP contribution in [0.5, 0.6) is 0 Å². The zero-order valence-electron chi connectivity index (χ0n) is 10.8. The van der Waals surface area contributed by atoms with Crippen LogP contribution in [-0.4, -0.2) is 57.0 Å². The van der Waals surface area contributed by atoms with E-state index in [1.807, 2.05) is 6.07 Å². The topological polar surface area (TPSA) is 99.2 Å². The van der Waals surface area contributed by atoms with Gasteiger partial charge in [0.2, 0.25) is 5.95 Å². The molecule has 0 saturated carbocycles. The molecule has 0 radical (unpaired) electrons. The lowest BCUT2D eigenvalue weighted by Crippen LogP contribution is -2.43. The summed E-state index contributed by atoms with van der Waals surface area (Å²) in [6, 6.07) is 3.30. The maximum atomic E-state index is 12.3. The number of carbonyl (C=O) groups excluding carboxylic acids is 1. The zero-order valence-corrected chi connectivity index (χ0v) is 10.8. The molecule has 0 aromatic carbocycles. The molecule has 20 heavy (non-hydrogen) atoms. The highest BCUT2D eigenvalue weighted by molar-refractivity contribution is 5.79. The van der Waals surface area contributed by atoms with Crippen LogP contribution in [0, 0.1) is 0 Å². The molecular formula is C12H14N6O2. The van der Waals surface area contributed by atoms with Crippen molar-refractivity contribution in [2.24, 2.45) is 0 Å². The molecule has 0 spiro atoms. The fraction of sp³-hybridized carbons (Fsp3) is 0.333.